The monoisotopic (exact) mass is 332 g/mol. The van der Waals surface area contributed by atoms with Gasteiger partial charge in [-0.15, -0.1) is 12.4 Å². The summed E-state index contributed by atoms with van der Waals surface area (Å²) < 4.78 is 0. The highest BCUT2D eigenvalue weighted by molar-refractivity contribution is 6.31. The van der Waals surface area contributed by atoms with Gasteiger partial charge in [0.15, 0.2) is 0 Å². The molecule has 4 nitrogen and oxygen atoms in total. The van der Waals surface area contributed by atoms with E-state index in [-0.39, 0.29) is 29.8 Å². The Hall–Kier alpha value is -0.810. The van der Waals surface area contributed by atoms with Crippen molar-refractivity contribution >= 4 is 29.9 Å². The molecule has 1 amide bonds. The second-order valence-electron chi connectivity index (χ2n) is 5.93. The smallest absolute Gasteiger partial charge is 0.237 e. The average Bonchev–Trinajstić information content (AvgIpc) is 2.83. The molecule has 21 heavy (non-hydrogen) atoms. The highest BCUT2D eigenvalue weighted by Crippen LogP contribution is 2.29. The lowest BCUT2D eigenvalue weighted by Crippen LogP contribution is -2.45. The van der Waals surface area contributed by atoms with E-state index < -0.39 is 6.10 Å². The molecule has 0 aromatic heterocycles. The van der Waals surface area contributed by atoms with Crippen LogP contribution < -0.4 is 10.6 Å². The average molecular weight is 333 g/mol. The van der Waals surface area contributed by atoms with E-state index in [1.54, 1.807) is 0 Å². The summed E-state index contributed by atoms with van der Waals surface area (Å²) in [6.07, 6.45) is 0.0422. The quantitative estimate of drug-likeness (QED) is 0.788. The van der Waals surface area contributed by atoms with Crippen LogP contribution in [0, 0.1) is 0 Å². The van der Waals surface area contributed by atoms with Crippen LogP contribution in [0.1, 0.15) is 25.8 Å². The first-order chi connectivity index (χ1) is 9.40. The molecule has 2 atom stereocenters. The minimum absolute atomic E-state index is 0. The molecule has 1 aliphatic rings. The van der Waals surface area contributed by atoms with Crippen LogP contribution in [0.4, 0.5) is 0 Å². The molecule has 1 aromatic rings. The van der Waals surface area contributed by atoms with Gasteiger partial charge in [-0.3, -0.25) is 4.79 Å². The highest BCUT2D eigenvalue weighted by atomic mass is 35.5. The Morgan fingerprint density at radius 3 is 2.71 bits per heavy atom. The molecule has 2 unspecified atom stereocenters. The van der Waals surface area contributed by atoms with Crippen LogP contribution in [0.15, 0.2) is 24.3 Å². The van der Waals surface area contributed by atoms with Gasteiger partial charge in [0.05, 0.1) is 12.1 Å². The summed E-state index contributed by atoms with van der Waals surface area (Å²) in [5.41, 5.74) is 0.770. The largest absolute Gasteiger partial charge is 0.392 e. The van der Waals surface area contributed by atoms with E-state index in [0.717, 1.165) is 5.56 Å². The highest BCUT2D eigenvalue weighted by Gasteiger charge is 2.30. The van der Waals surface area contributed by atoms with Crippen LogP contribution in [0.3, 0.4) is 0 Å². The van der Waals surface area contributed by atoms with Crippen molar-refractivity contribution in [3.05, 3.63) is 34.9 Å². The second-order valence-corrected chi connectivity index (χ2v) is 6.34. The third kappa shape index (κ3) is 4.58. The fraction of sp³-hybridized carbons (Fsp3) is 0.533. The van der Waals surface area contributed by atoms with Crippen LogP contribution >= 0.6 is 24.0 Å². The van der Waals surface area contributed by atoms with E-state index >= 15 is 0 Å². The lowest BCUT2D eigenvalue weighted by atomic mass is 9.84. The number of hydrogen-bond acceptors (Lipinski definition) is 3. The molecule has 0 radical (unpaired) electrons. The summed E-state index contributed by atoms with van der Waals surface area (Å²) in [4.78, 5) is 12.0. The number of carbonyl (C=O) groups is 1. The van der Waals surface area contributed by atoms with E-state index in [1.165, 1.54) is 0 Å². The van der Waals surface area contributed by atoms with Crippen molar-refractivity contribution in [1.82, 2.24) is 10.6 Å². The number of aliphatic hydroxyl groups excluding tert-OH is 1. The maximum Gasteiger partial charge on any atom is 0.237 e. The first kappa shape index (κ1) is 18.2. The Morgan fingerprint density at radius 2 is 2.14 bits per heavy atom. The van der Waals surface area contributed by atoms with Gasteiger partial charge in [-0.05, 0) is 18.1 Å². The van der Waals surface area contributed by atoms with Crippen molar-refractivity contribution < 1.29 is 9.90 Å². The number of rotatable bonds is 4. The molecule has 2 rings (SSSR count). The SMILES string of the molecule is CC(C)(CNC(=O)C1CC(O)CN1)c1ccccc1Cl.Cl. The van der Waals surface area contributed by atoms with Crippen molar-refractivity contribution in [2.45, 2.75) is 37.8 Å². The van der Waals surface area contributed by atoms with Gasteiger partial charge in [-0.2, -0.15) is 0 Å². The number of amides is 1. The van der Waals surface area contributed by atoms with E-state index in [9.17, 15) is 9.90 Å². The number of benzene rings is 1. The zero-order chi connectivity index (χ0) is 14.8. The summed E-state index contributed by atoms with van der Waals surface area (Å²) >= 11 is 6.21. The third-order valence-corrected chi connectivity index (χ3v) is 4.06. The summed E-state index contributed by atoms with van der Waals surface area (Å²) in [6.45, 7) is 5.08. The Labute approximate surface area is 136 Å². The zero-order valence-corrected chi connectivity index (χ0v) is 13.8. The molecule has 118 valence electrons. The van der Waals surface area contributed by atoms with Gasteiger partial charge >= 0.3 is 0 Å². The first-order valence-electron chi connectivity index (χ1n) is 6.84. The fourth-order valence-electron chi connectivity index (χ4n) is 2.45. The molecular formula is C15H22Cl2N2O2. The summed E-state index contributed by atoms with van der Waals surface area (Å²) in [5.74, 6) is -0.0679. The predicted molar refractivity (Wildman–Crippen MR) is 87.2 cm³/mol. The fourth-order valence-corrected chi connectivity index (χ4v) is 2.84. The Bertz CT molecular complexity index is 494. The van der Waals surface area contributed by atoms with Gasteiger partial charge in [-0.1, -0.05) is 43.6 Å². The minimum Gasteiger partial charge on any atom is -0.392 e. The van der Waals surface area contributed by atoms with Crippen molar-refractivity contribution in [1.29, 1.82) is 0 Å². The number of β-amino-alcohol motifs (C(OH)–C–C–N with tert-alkyl or cyclic N) is 1. The Morgan fingerprint density at radius 1 is 1.48 bits per heavy atom. The maximum absolute atomic E-state index is 12.0. The van der Waals surface area contributed by atoms with E-state index in [4.69, 9.17) is 11.6 Å². The molecule has 6 heteroatoms. The van der Waals surface area contributed by atoms with Gasteiger partial charge in [0.25, 0.3) is 0 Å². The lowest BCUT2D eigenvalue weighted by molar-refractivity contribution is -0.123. The van der Waals surface area contributed by atoms with Gasteiger partial charge in [0, 0.05) is 23.5 Å². The van der Waals surface area contributed by atoms with E-state index in [1.807, 2.05) is 38.1 Å². The van der Waals surface area contributed by atoms with Gasteiger partial charge in [0.2, 0.25) is 5.91 Å². The van der Waals surface area contributed by atoms with E-state index in [2.05, 4.69) is 10.6 Å². The van der Waals surface area contributed by atoms with Gasteiger partial charge in [0.1, 0.15) is 0 Å². The summed E-state index contributed by atoms with van der Waals surface area (Å²) in [6, 6.07) is 7.37. The number of carbonyl (C=O) groups excluding carboxylic acids is 1. The molecule has 1 heterocycles. The molecule has 0 aliphatic carbocycles. The maximum atomic E-state index is 12.0. The molecule has 0 bridgehead atoms. The van der Waals surface area contributed by atoms with Crippen LogP contribution in [-0.2, 0) is 10.2 Å². The van der Waals surface area contributed by atoms with Crippen LogP contribution in [0.2, 0.25) is 5.02 Å². The number of aliphatic hydroxyl groups is 1. The topological polar surface area (TPSA) is 61.4 Å². The van der Waals surface area contributed by atoms with Crippen molar-refractivity contribution in [2.75, 3.05) is 13.1 Å². The van der Waals surface area contributed by atoms with E-state index in [0.29, 0.717) is 24.5 Å². The second kappa shape index (κ2) is 7.45. The predicted octanol–water partition coefficient (Wildman–Crippen LogP) is 1.88. The van der Waals surface area contributed by atoms with Crippen LogP contribution in [0.25, 0.3) is 0 Å². The summed E-state index contributed by atoms with van der Waals surface area (Å²) in [5, 5.41) is 16.1. The molecule has 0 saturated carbocycles. The number of halogens is 2. The molecule has 1 saturated heterocycles. The molecule has 1 aliphatic heterocycles. The minimum atomic E-state index is -0.428. The molecule has 0 spiro atoms. The zero-order valence-electron chi connectivity index (χ0n) is 12.2. The molecular weight excluding hydrogens is 311 g/mol. The molecule has 1 fully saturated rings. The lowest BCUT2D eigenvalue weighted by Gasteiger charge is -2.27. The normalized spacial score (nSPS) is 21.7. The summed E-state index contributed by atoms with van der Waals surface area (Å²) in [7, 11) is 0. The Kier molecular flexibility index (Phi) is 6.47. The van der Waals surface area contributed by atoms with Crippen molar-refractivity contribution in [3.8, 4) is 0 Å². The van der Waals surface area contributed by atoms with Crippen LogP contribution in [-0.4, -0.2) is 36.2 Å². The van der Waals surface area contributed by atoms with Gasteiger partial charge < -0.3 is 15.7 Å². The Balaban J connectivity index is 0.00000220. The van der Waals surface area contributed by atoms with Gasteiger partial charge in [-0.25, -0.2) is 0 Å². The number of nitrogens with one attached hydrogen (secondary N) is 2. The van der Waals surface area contributed by atoms with Crippen molar-refractivity contribution in [3.63, 3.8) is 0 Å². The number of hydrogen-bond donors (Lipinski definition) is 3. The van der Waals surface area contributed by atoms with Crippen molar-refractivity contribution in [2.24, 2.45) is 0 Å². The third-order valence-electron chi connectivity index (χ3n) is 3.73. The standard InChI is InChI=1S/C15H21ClN2O2.ClH/c1-15(2,11-5-3-4-6-12(11)16)9-18-14(20)13-7-10(19)8-17-13;/h3-6,10,13,17,19H,7-9H2,1-2H3,(H,18,20);1H. The molecule has 1 aromatic carbocycles. The molecule has 3 N–H and O–H groups in total. The van der Waals surface area contributed by atoms with Crippen LogP contribution in [0.5, 0.6) is 0 Å². The first-order valence-corrected chi connectivity index (χ1v) is 7.22.